The van der Waals surface area contributed by atoms with Gasteiger partial charge in [-0.15, -0.1) is 0 Å². The molecule has 1 aliphatic rings. The van der Waals surface area contributed by atoms with Gasteiger partial charge in [-0.25, -0.2) is 8.42 Å². The first kappa shape index (κ1) is 18.0. The third-order valence-electron chi connectivity index (χ3n) is 4.63. The normalized spacial score (nSPS) is 16.5. The zero-order valence-electron chi connectivity index (χ0n) is 14.0. The third-order valence-corrected chi connectivity index (χ3v) is 6.80. The molecule has 0 saturated heterocycles. The number of carbonyl (C=O) groups excluding carboxylic acids is 1. The van der Waals surface area contributed by atoms with Gasteiger partial charge < -0.3 is 5.32 Å². The molecule has 2 rings (SSSR count). The van der Waals surface area contributed by atoms with Gasteiger partial charge in [0.05, 0.1) is 10.1 Å². The largest absolute Gasteiger partial charge is 0.352 e. The summed E-state index contributed by atoms with van der Waals surface area (Å²) in [5, 5.41) is 2.48. The summed E-state index contributed by atoms with van der Waals surface area (Å²) in [5.41, 5.74) is 0.511. The summed E-state index contributed by atoms with van der Waals surface area (Å²) >= 11 is 0. The van der Waals surface area contributed by atoms with Crippen LogP contribution in [0.25, 0.3) is 0 Å². The molecule has 1 amide bonds. The maximum Gasteiger partial charge on any atom is 0.251 e. The number of carbonyl (C=O) groups is 1. The van der Waals surface area contributed by atoms with Crippen LogP contribution in [0.3, 0.4) is 0 Å². The van der Waals surface area contributed by atoms with Crippen LogP contribution < -0.4 is 5.32 Å². The number of sulfone groups is 1. The van der Waals surface area contributed by atoms with Crippen molar-refractivity contribution in [2.24, 2.45) is 5.92 Å². The molecule has 0 atom stereocenters. The highest BCUT2D eigenvalue weighted by molar-refractivity contribution is 7.92. The Labute approximate surface area is 139 Å². The number of hydrogen-bond acceptors (Lipinski definition) is 3. The van der Waals surface area contributed by atoms with Gasteiger partial charge in [0, 0.05) is 12.1 Å². The van der Waals surface area contributed by atoms with Crippen molar-refractivity contribution in [1.29, 1.82) is 0 Å². The van der Waals surface area contributed by atoms with Crippen LogP contribution in [-0.2, 0) is 9.84 Å². The molecule has 1 fully saturated rings. The molecule has 4 nitrogen and oxygen atoms in total. The van der Waals surface area contributed by atoms with E-state index in [2.05, 4.69) is 5.32 Å². The number of benzene rings is 1. The van der Waals surface area contributed by atoms with Gasteiger partial charge in [-0.2, -0.15) is 0 Å². The number of nitrogens with one attached hydrogen (secondary N) is 1. The first-order chi connectivity index (χ1) is 10.9. The summed E-state index contributed by atoms with van der Waals surface area (Å²) in [6, 6.07) is 6.22. The van der Waals surface area contributed by atoms with Crippen LogP contribution in [0.4, 0.5) is 0 Å². The lowest BCUT2D eigenvalue weighted by atomic mass is 9.87. The summed E-state index contributed by atoms with van der Waals surface area (Å²) in [6.45, 7) is 4.00. The molecule has 0 bridgehead atoms. The topological polar surface area (TPSA) is 63.2 Å². The fourth-order valence-electron chi connectivity index (χ4n) is 3.04. The molecule has 0 aromatic heterocycles. The Balaban J connectivity index is 1.87. The predicted octanol–water partition coefficient (Wildman–Crippen LogP) is 3.57. The van der Waals surface area contributed by atoms with Crippen LogP contribution in [0, 0.1) is 5.92 Å². The van der Waals surface area contributed by atoms with Crippen molar-refractivity contribution < 1.29 is 13.2 Å². The first-order valence-electron chi connectivity index (χ1n) is 8.53. The van der Waals surface area contributed by atoms with Crippen LogP contribution in [0.15, 0.2) is 29.2 Å². The van der Waals surface area contributed by atoms with E-state index in [1.165, 1.54) is 44.2 Å². The van der Waals surface area contributed by atoms with E-state index in [4.69, 9.17) is 0 Å². The Morgan fingerprint density at radius 1 is 1.13 bits per heavy atom. The van der Waals surface area contributed by atoms with E-state index < -0.39 is 15.1 Å². The standard InChI is InChI=1S/C18H27NO3S/c1-14(2)23(21,22)17-10-8-16(9-11-17)18(20)19-13-12-15-6-4-3-5-7-15/h8-11,14-15H,3-7,12-13H2,1-2H3,(H,19,20). The van der Waals surface area contributed by atoms with E-state index in [1.54, 1.807) is 26.0 Å². The van der Waals surface area contributed by atoms with Gasteiger partial charge >= 0.3 is 0 Å². The van der Waals surface area contributed by atoms with Crippen molar-refractivity contribution in [3.05, 3.63) is 29.8 Å². The number of hydrogen-bond donors (Lipinski definition) is 1. The van der Waals surface area contributed by atoms with Gasteiger partial charge in [0.15, 0.2) is 9.84 Å². The molecule has 1 N–H and O–H groups in total. The van der Waals surface area contributed by atoms with Crippen molar-refractivity contribution in [2.75, 3.05) is 6.54 Å². The summed E-state index contributed by atoms with van der Waals surface area (Å²) in [7, 11) is -3.28. The van der Waals surface area contributed by atoms with Gasteiger partial charge in [-0.05, 0) is 50.5 Å². The first-order valence-corrected chi connectivity index (χ1v) is 10.1. The third kappa shape index (κ3) is 4.80. The Hall–Kier alpha value is -1.36. The highest BCUT2D eigenvalue weighted by Gasteiger charge is 2.19. The molecule has 128 valence electrons. The van der Waals surface area contributed by atoms with Crippen LogP contribution in [0.5, 0.6) is 0 Å². The van der Waals surface area contributed by atoms with E-state index in [0.29, 0.717) is 12.1 Å². The minimum absolute atomic E-state index is 0.130. The van der Waals surface area contributed by atoms with Gasteiger partial charge in [0.2, 0.25) is 0 Å². The molecule has 1 aromatic carbocycles. The van der Waals surface area contributed by atoms with Gasteiger partial charge in [0.1, 0.15) is 0 Å². The highest BCUT2D eigenvalue weighted by atomic mass is 32.2. The Bertz CT molecular complexity index is 614. The molecule has 0 radical (unpaired) electrons. The summed E-state index contributed by atoms with van der Waals surface area (Å²) < 4.78 is 24.1. The van der Waals surface area contributed by atoms with Crippen molar-refractivity contribution >= 4 is 15.7 Å². The number of amides is 1. The van der Waals surface area contributed by atoms with E-state index in [-0.39, 0.29) is 10.8 Å². The number of rotatable bonds is 6. The lowest BCUT2D eigenvalue weighted by Gasteiger charge is -2.21. The average Bonchev–Trinajstić information content (AvgIpc) is 2.55. The zero-order valence-corrected chi connectivity index (χ0v) is 14.9. The average molecular weight is 337 g/mol. The molecular formula is C18H27NO3S. The monoisotopic (exact) mass is 337 g/mol. The zero-order chi connectivity index (χ0) is 16.9. The second-order valence-corrected chi connectivity index (χ2v) is 9.17. The molecule has 0 aliphatic heterocycles. The van der Waals surface area contributed by atoms with Crippen molar-refractivity contribution in [3.8, 4) is 0 Å². The fraction of sp³-hybridized carbons (Fsp3) is 0.611. The minimum Gasteiger partial charge on any atom is -0.352 e. The summed E-state index contributed by atoms with van der Waals surface area (Å²) in [5.74, 6) is 0.608. The maximum absolute atomic E-state index is 12.1. The lowest BCUT2D eigenvalue weighted by molar-refractivity contribution is 0.0950. The van der Waals surface area contributed by atoms with Crippen molar-refractivity contribution in [1.82, 2.24) is 5.32 Å². The van der Waals surface area contributed by atoms with E-state index in [1.807, 2.05) is 0 Å². The molecule has 0 heterocycles. The second-order valence-electron chi connectivity index (χ2n) is 6.67. The van der Waals surface area contributed by atoms with Crippen LogP contribution in [0.1, 0.15) is 62.7 Å². The Kier molecular flexibility index (Phi) is 6.22. The van der Waals surface area contributed by atoms with E-state index in [9.17, 15) is 13.2 Å². The van der Waals surface area contributed by atoms with Crippen molar-refractivity contribution in [2.45, 2.75) is 62.5 Å². The molecule has 23 heavy (non-hydrogen) atoms. The van der Waals surface area contributed by atoms with Gasteiger partial charge in [-0.1, -0.05) is 32.1 Å². The van der Waals surface area contributed by atoms with E-state index >= 15 is 0 Å². The Morgan fingerprint density at radius 3 is 2.30 bits per heavy atom. The fourth-order valence-corrected chi connectivity index (χ4v) is 4.10. The molecule has 0 spiro atoms. The van der Waals surface area contributed by atoms with Crippen LogP contribution in [-0.4, -0.2) is 26.1 Å². The maximum atomic E-state index is 12.1. The van der Waals surface area contributed by atoms with Crippen molar-refractivity contribution in [3.63, 3.8) is 0 Å². The molecule has 1 aliphatic carbocycles. The van der Waals surface area contributed by atoms with Gasteiger partial charge in [-0.3, -0.25) is 4.79 Å². The molecule has 1 saturated carbocycles. The molecular weight excluding hydrogens is 310 g/mol. The Morgan fingerprint density at radius 2 is 1.74 bits per heavy atom. The lowest BCUT2D eigenvalue weighted by Crippen LogP contribution is -2.26. The SMILES string of the molecule is CC(C)S(=O)(=O)c1ccc(C(=O)NCCC2CCCCC2)cc1. The smallest absolute Gasteiger partial charge is 0.251 e. The molecule has 5 heteroatoms. The van der Waals surface area contributed by atoms with Crippen LogP contribution in [0.2, 0.25) is 0 Å². The van der Waals surface area contributed by atoms with E-state index in [0.717, 1.165) is 12.3 Å². The summed E-state index contributed by atoms with van der Waals surface area (Å²) in [6.07, 6.45) is 7.55. The quantitative estimate of drug-likeness (QED) is 0.863. The molecule has 1 aromatic rings. The predicted molar refractivity (Wildman–Crippen MR) is 92.3 cm³/mol. The second kappa shape index (κ2) is 7.95. The highest BCUT2D eigenvalue weighted by Crippen LogP contribution is 2.25. The van der Waals surface area contributed by atoms with Crippen LogP contribution >= 0.6 is 0 Å². The summed E-state index contributed by atoms with van der Waals surface area (Å²) in [4.78, 5) is 12.4. The molecule has 0 unspecified atom stereocenters. The van der Waals surface area contributed by atoms with Gasteiger partial charge in [0.25, 0.3) is 5.91 Å². The minimum atomic E-state index is -3.28.